The molecule has 2 aromatic heterocycles. The van der Waals surface area contributed by atoms with E-state index in [-0.39, 0.29) is 11.9 Å². The summed E-state index contributed by atoms with van der Waals surface area (Å²) in [4.78, 5) is 49.1. The average Bonchev–Trinajstić information content (AvgIpc) is 3.31. The normalized spacial score (nSPS) is 14.5. The van der Waals surface area contributed by atoms with Gasteiger partial charge >= 0.3 is 12.0 Å². The lowest BCUT2D eigenvalue weighted by Crippen LogP contribution is -2.51. The minimum absolute atomic E-state index is 0.106. The van der Waals surface area contributed by atoms with Gasteiger partial charge in [0.2, 0.25) is 0 Å². The summed E-state index contributed by atoms with van der Waals surface area (Å²) in [5.41, 5.74) is 6.13. The molecule has 1 fully saturated rings. The number of aryl methyl sites for hydroxylation is 2. The molecule has 12 heteroatoms. The first-order valence-electron chi connectivity index (χ1n) is 15.5. The van der Waals surface area contributed by atoms with Crippen LogP contribution in [-0.2, 0) is 31.4 Å². The Bertz CT molecular complexity index is 1760. The van der Waals surface area contributed by atoms with E-state index in [1.807, 2.05) is 73.5 Å². The molecule has 2 N–H and O–H groups in total. The van der Waals surface area contributed by atoms with E-state index in [2.05, 4.69) is 25.6 Å². The van der Waals surface area contributed by atoms with Gasteiger partial charge in [0.05, 0.1) is 36.4 Å². The van der Waals surface area contributed by atoms with Gasteiger partial charge in [-0.2, -0.15) is 5.10 Å². The maximum absolute atomic E-state index is 13.8. The van der Waals surface area contributed by atoms with Crippen LogP contribution in [0.5, 0.6) is 0 Å². The summed E-state index contributed by atoms with van der Waals surface area (Å²) in [6.07, 6.45) is 1.79. The number of nitrogens with zero attached hydrogens (tertiary/aromatic N) is 6. The Morgan fingerprint density at radius 3 is 2.59 bits per heavy atom. The van der Waals surface area contributed by atoms with Crippen LogP contribution in [0.3, 0.4) is 0 Å². The van der Waals surface area contributed by atoms with E-state index in [1.54, 1.807) is 28.8 Å². The van der Waals surface area contributed by atoms with Gasteiger partial charge in [0.25, 0.3) is 5.91 Å². The van der Waals surface area contributed by atoms with E-state index >= 15 is 0 Å². The van der Waals surface area contributed by atoms with Crippen LogP contribution in [0, 0.1) is 6.92 Å². The Labute approximate surface area is 268 Å². The second kappa shape index (κ2) is 13.4. The number of carbonyl (C=O) groups is 3. The van der Waals surface area contributed by atoms with E-state index in [4.69, 9.17) is 4.74 Å². The fraction of sp³-hybridized carbons (Fsp3) is 0.324. The molecular formula is C34H38N8O4. The number of esters is 1. The molecule has 4 heterocycles. The highest BCUT2D eigenvalue weighted by atomic mass is 16.5. The summed E-state index contributed by atoms with van der Waals surface area (Å²) in [7, 11) is 1.88. The Morgan fingerprint density at radius 1 is 1.00 bits per heavy atom. The molecule has 0 radical (unpaired) electrons. The van der Waals surface area contributed by atoms with E-state index in [1.165, 1.54) is 0 Å². The van der Waals surface area contributed by atoms with Crippen LogP contribution in [-0.4, -0.2) is 75.3 Å². The third-order valence-electron chi connectivity index (χ3n) is 8.39. The predicted molar refractivity (Wildman–Crippen MR) is 174 cm³/mol. The molecule has 46 heavy (non-hydrogen) atoms. The van der Waals surface area contributed by atoms with E-state index in [0.29, 0.717) is 63.7 Å². The van der Waals surface area contributed by atoms with Crippen molar-refractivity contribution in [3.05, 3.63) is 101 Å². The molecule has 0 bridgehead atoms. The number of aromatic nitrogens is 3. The fourth-order valence-electron chi connectivity index (χ4n) is 5.83. The molecule has 0 unspecified atom stereocenters. The number of amides is 3. The standard InChI is InChI=1S/C34H38N8O4/c1-4-46-33(44)29-10-7-8-27(37-29)22-40-14-16-41(17-15-40)34(45)35-19-25-13-12-24(18-23(25)2)32(43)42-21-26-20-36-39(3)31(26)38-28-9-5-6-11-30(28)42/h5-13,18,20,38H,4,14-17,19,21-22H2,1-3H3,(H,35,45). The largest absolute Gasteiger partial charge is 0.461 e. The number of carbonyl (C=O) groups excluding carboxylic acids is 3. The number of para-hydroxylation sites is 2. The molecule has 238 valence electrons. The first kappa shape index (κ1) is 30.8. The van der Waals surface area contributed by atoms with Gasteiger partial charge in [-0.1, -0.05) is 24.3 Å². The summed E-state index contributed by atoms with van der Waals surface area (Å²) in [5.74, 6) is 0.335. The lowest BCUT2D eigenvalue weighted by Gasteiger charge is -2.34. The predicted octanol–water partition coefficient (Wildman–Crippen LogP) is 4.23. The van der Waals surface area contributed by atoms with Gasteiger partial charge in [0.15, 0.2) is 0 Å². The van der Waals surface area contributed by atoms with Crippen LogP contribution in [0.1, 0.15) is 50.2 Å². The summed E-state index contributed by atoms with van der Waals surface area (Å²) in [6.45, 7) is 7.94. The summed E-state index contributed by atoms with van der Waals surface area (Å²) < 4.78 is 6.83. The van der Waals surface area contributed by atoms with E-state index < -0.39 is 5.97 Å². The van der Waals surface area contributed by atoms with Crippen molar-refractivity contribution in [1.29, 1.82) is 0 Å². The quantitative estimate of drug-likeness (QED) is 0.294. The summed E-state index contributed by atoms with van der Waals surface area (Å²) >= 11 is 0. The number of fused-ring (bicyclic) bond motifs is 2. The van der Waals surface area contributed by atoms with E-state index in [9.17, 15) is 14.4 Å². The van der Waals surface area contributed by atoms with Gasteiger partial charge in [-0.25, -0.2) is 14.6 Å². The number of benzene rings is 2. The number of hydrogen-bond acceptors (Lipinski definition) is 8. The van der Waals surface area contributed by atoms with Crippen molar-refractivity contribution in [3.63, 3.8) is 0 Å². The number of rotatable bonds is 7. The lowest BCUT2D eigenvalue weighted by molar-refractivity contribution is 0.0518. The number of anilines is 3. The third kappa shape index (κ3) is 6.57. The topological polar surface area (TPSA) is 125 Å². The zero-order chi connectivity index (χ0) is 32.2. The van der Waals surface area contributed by atoms with Gasteiger partial charge in [-0.15, -0.1) is 0 Å². The fourth-order valence-corrected chi connectivity index (χ4v) is 5.83. The second-order valence-corrected chi connectivity index (χ2v) is 11.5. The van der Waals surface area contributed by atoms with Crippen molar-refractivity contribution in [3.8, 4) is 0 Å². The van der Waals surface area contributed by atoms with Crippen LogP contribution >= 0.6 is 0 Å². The van der Waals surface area contributed by atoms with Crippen LogP contribution in [0.25, 0.3) is 0 Å². The molecule has 2 aromatic carbocycles. The molecule has 4 aromatic rings. The van der Waals surface area contributed by atoms with Crippen LogP contribution in [0.15, 0.2) is 66.9 Å². The Kier molecular flexibility index (Phi) is 8.97. The Hall–Kier alpha value is -5.23. The molecule has 12 nitrogen and oxygen atoms in total. The number of hydrogen-bond donors (Lipinski definition) is 2. The summed E-state index contributed by atoms with van der Waals surface area (Å²) in [5, 5.41) is 10.8. The molecule has 1 saturated heterocycles. The zero-order valence-corrected chi connectivity index (χ0v) is 26.3. The molecule has 0 atom stereocenters. The number of piperazine rings is 1. The van der Waals surface area contributed by atoms with Gasteiger partial charge in [0.1, 0.15) is 11.5 Å². The summed E-state index contributed by atoms with van der Waals surface area (Å²) in [6, 6.07) is 18.6. The molecule has 0 spiro atoms. The minimum atomic E-state index is -0.424. The van der Waals surface area contributed by atoms with Crippen molar-refractivity contribution in [2.24, 2.45) is 7.05 Å². The molecule has 2 aliphatic rings. The highest BCUT2D eigenvalue weighted by molar-refractivity contribution is 6.08. The van der Waals surface area contributed by atoms with Crippen molar-refractivity contribution < 1.29 is 19.1 Å². The van der Waals surface area contributed by atoms with E-state index in [0.717, 1.165) is 39.6 Å². The number of urea groups is 1. The van der Waals surface area contributed by atoms with Gasteiger partial charge in [-0.3, -0.25) is 14.4 Å². The van der Waals surface area contributed by atoms with Gasteiger partial charge in [0, 0.05) is 57.4 Å². The third-order valence-corrected chi connectivity index (χ3v) is 8.39. The van der Waals surface area contributed by atoms with Gasteiger partial charge < -0.3 is 25.2 Å². The first-order chi connectivity index (χ1) is 22.3. The first-order valence-corrected chi connectivity index (χ1v) is 15.5. The maximum atomic E-state index is 13.8. The molecular weight excluding hydrogens is 584 g/mol. The van der Waals surface area contributed by atoms with Crippen LogP contribution in [0.4, 0.5) is 22.0 Å². The Balaban J connectivity index is 1.04. The second-order valence-electron chi connectivity index (χ2n) is 11.5. The molecule has 2 aliphatic heterocycles. The number of pyridine rings is 1. The lowest BCUT2D eigenvalue weighted by atomic mass is 10.0. The Morgan fingerprint density at radius 2 is 1.80 bits per heavy atom. The molecule has 3 amide bonds. The molecule has 0 saturated carbocycles. The minimum Gasteiger partial charge on any atom is -0.461 e. The maximum Gasteiger partial charge on any atom is 0.356 e. The van der Waals surface area contributed by atoms with Crippen LogP contribution < -0.4 is 15.5 Å². The van der Waals surface area contributed by atoms with Crippen molar-refractivity contribution >= 4 is 35.1 Å². The molecule has 0 aliphatic carbocycles. The molecule has 6 rings (SSSR count). The van der Waals surface area contributed by atoms with Gasteiger partial charge in [-0.05, 0) is 61.4 Å². The number of nitrogens with one attached hydrogen (secondary N) is 2. The van der Waals surface area contributed by atoms with Crippen LogP contribution in [0.2, 0.25) is 0 Å². The van der Waals surface area contributed by atoms with Crippen molar-refractivity contribution in [1.82, 2.24) is 29.9 Å². The highest BCUT2D eigenvalue weighted by Crippen LogP contribution is 2.36. The van der Waals surface area contributed by atoms with Crippen molar-refractivity contribution in [2.75, 3.05) is 43.0 Å². The SMILES string of the molecule is CCOC(=O)c1cccc(CN2CCN(C(=O)NCc3ccc(C(=O)N4Cc5cnn(C)c5Nc5ccccc54)cc3C)CC2)n1. The highest BCUT2D eigenvalue weighted by Gasteiger charge is 2.27. The smallest absolute Gasteiger partial charge is 0.356 e. The zero-order valence-electron chi connectivity index (χ0n) is 26.3. The monoisotopic (exact) mass is 622 g/mol. The van der Waals surface area contributed by atoms with Crippen molar-refractivity contribution in [2.45, 2.75) is 33.5 Å². The average molecular weight is 623 g/mol. The number of ether oxygens (including phenoxy) is 1.